The van der Waals surface area contributed by atoms with Crippen molar-refractivity contribution < 1.29 is 14.3 Å². The number of carbonyl (C=O) groups excluding carboxylic acids is 1. The second-order valence-corrected chi connectivity index (χ2v) is 4.42. The fourth-order valence-corrected chi connectivity index (χ4v) is 1.91. The Morgan fingerprint density at radius 1 is 1.09 bits per heavy atom. The van der Waals surface area contributed by atoms with Gasteiger partial charge in [-0.1, -0.05) is 0 Å². The first kappa shape index (κ1) is 13.7. The molecule has 4 N–H and O–H groups in total. The van der Waals surface area contributed by atoms with Crippen molar-refractivity contribution >= 4 is 17.4 Å². The summed E-state index contributed by atoms with van der Waals surface area (Å²) in [6.07, 6.45) is 1.12. The van der Waals surface area contributed by atoms with Gasteiger partial charge in [0.2, 0.25) is 0 Å². The molecule has 0 saturated carbocycles. The Balaban J connectivity index is 1.71. The van der Waals surface area contributed by atoms with E-state index in [2.05, 4.69) is 15.6 Å². The molecule has 0 fully saturated rings. The Bertz CT molecular complexity index is 826. The normalized spacial score (nSPS) is 12.5. The molecule has 1 aliphatic rings. The fraction of sp³-hybridized carbons (Fsp3) is 0.154. The van der Waals surface area contributed by atoms with Crippen LogP contribution in [0.1, 0.15) is 0 Å². The monoisotopic (exact) mass is 304 g/mol. The minimum absolute atomic E-state index is 0.0744. The number of nitrogens with one attached hydrogen (secondary N) is 4. The number of urea groups is 1. The first-order valence-electron chi connectivity index (χ1n) is 6.41. The van der Waals surface area contributed by atoms with Crippen molar-refractivity contribution in [2.75, 3.05) is 23.8 Å². The van der Waals surface area contributed by atoms with Crippen LogP contribution >= 0.6 is 0 Å². The molecule has 2 amide bonds. The number of anilines is 2. The lowest BCUT2D eigenvalue weighted by atomic mass is 10.2. The van der Waals surface area contributed by atoms with E-state index in [1.807, 2.05) is 4.98 Å². The van der Waals surface area contributed by atoms with Crippen LogP contribution in [0.25, 0.3) is 0 Å². The lowest BCUT2D eigenvalue weighted by Crippen LogP contribution is -2.28. The lowest BCUT2D eigenvalue weighted by molar-refractivity contribution is 0.171. The van der Waals surface area contributed by atoms with Crippen LogP contribution in [0.4, 0.5) is 16.2 Å². The molecule has 114 valence electrons. The molecule has 0 unspecified atom stereocenters. The first-order valence-corrected chi connectivity index (χ1v) is 6.41. The van der Waals surface area contributed by atoms with Crippen molar-refractivity contribution in [3.8, 4) is 11.5 Å². The molecule has 3 rings (SSSR count). The predicted molar refractivity (Wildman–Crippen MR) is 77.8 cm³/mol. The number of H-pyrrole nitrogens is 2. The number of hydrogen-bond donors (Lipinski definition) is 4. The highest BCUT2D eigenvalue weighted by molar-refractivity contribution is 5.99. The van der Waals surface area contributed by atoms with Crippen molar-refractivity contribution in [3.05, 3.63) is 45.2 Å². The highest BCUT2D eigenvalue weighted by Gasteiger charge is 2.13. The van der Waals surface area contributed by atoms with E-state index in [-0.39, 0.29) is 5.69 Å². The van der Waals surface area contributed by atoms with E-state index in [1.54, 1.807) is 18.2 Å². The number of rotatable bonds is 2. The largest absolute Gasteiger partial charge is 0.486 e. The van der Waals surface area contributed by atoms with Crippen molar-refractivity contribution in [2.24, 2.45) is 0 Å². The quantitative estimate of drug-likeness (QED) is 0.642. The van der Waals surface area contributed by atoms with Gasteiger partial charge in [0.15, 0.2) is 11.5 Å². The Morgan fingerprint density at radius 3 is 2.64 bits per heavy atom. The third kappa shape index (κ3) is 2.92. The number of hydrogen-bond acceptors (Lipinski definition) is 5. The second-order valence-electron chi connectivity index (χ2n) is 4.42. The summed E-state index contributed by atoms with van der Waals surface area (Å²) in [6, 6.07) is 4.31. The molecule has 0 atom stereocenters. The molecule has 2 aromatic rings. The van der Waals surface area contributed by atoms with Crippen LogP contribution < -0.4 is 31.4 Å². The molecule has 0 spiro atoms. The molecule has 9 nitrogen and oxygen atoms in total. The molecular formula is C13H12N4O5. The fourth-order valence-electron chi connectivity index (χ4n) is 1.91. The van der Waals surface area contributed by atoms with Gasteiger partial charge in [-0.15, -0.1) is 0 Å². The molecule has 22 heavy (non-hydrogen) atoms. The van der Waals surface area contributed by atoms with Gasteiger partial charge in [-0.3, -0.25) is 9.78 Å². The Hall–Kier alpha value is -3.23. The number of amides is 2. The van der Waals surface area contributed by atoms with E-state index < -0.39 is 17.3 Å². The topological polar surface area (TPSA) is 125 Å². The van der Waals surface area contributed by atoms with E-state index in [9.17, 15) is 14.4 Å². The zero-order chi connectivity index (χ0) is 15.5. The van der Waals surface area contributed by atoms with Crippen LogP contribution in [0.3, 0.4) is 0 Å². The molecule has 0 radical (unpaired) electrons. The summed E-state index contributed by atoms with van der Waals surface area (Å²) in [7, 11) is 0. The predicted octanol–water partition coefficient (Wildman–Crippen LogP) is 0.478. The van der Waals surface area contributed by atoms with Gasteiger partial charge in [-0.05, 0) is 12.1 Å². The van der Waals surface area contributed by atoms with E-state index in [0.29, 0.717) is 30.4 Å². The summed E-state index contributed by atoms with van der Waals surface area (Å²) >= 11 is 0. The SMILES string of the molecule is O=C(Nc1ccc2c(c1)OCCO2)Nc1c[nH]c(=O)[nH]c1=O. The van der Waals surface area contributed by atoms with Crippen molar-refractivity contribution in [2.45, 2.75) is 0 Å². The maximum atomic E-state index is 11.8. The number of benzene rings is 1. The van der Waals surface area contributed by atoms with Crippen molar-refractivity contribution in [1.82, 2.24) is 9.97 Å². The maximum Gasteiger partial charge on any atom is 0.325 e. The molecule has 0 aliphatic carbocycles. The molecule has 1 aromatic carbocycles. The third-order valence-corrected chi connectivity index (χ3v) is 2.87. The summed E-state index contributed by atoms with van der Waals surface area (Å²) in [5.41, 5.74) is -0.943. The van der Waals surface area contributed by atoms with Crippen LogP contribution in [0.5, 0.6) is 11.5 Å². The number of carbonyl (C=O) groups is 1. The third-order valence-electron chi connectivity index (χ3n) is 2.87. The zero-order valence-corrected chi connectivity index (χ0v) is 11.3. The van der Waals surface area contributed by atoms with Gasteiger partial charge >= 0.3 is 11.7 Å². The molecule has 0 bridgehead atoms. The minimum Gasteiger partial charge on any atom is -0.486 e. The number of aromatic amines is 2. The van der Waals surface area contributed by atoms with E-state index in [4.69, 9.17) is 9.47 Å². The Morgan fingerprint density at radius 2 is 1.86 bits per heavy atom. The summed E-state index contributed by atoms with van der Waals surface area (Å²) in [4.78, 5) is 38.5. The van der Waals surface area contributed by atoms with Crippen LogP contribution in [-0.2, 0) is 0 Å². The van der Waals surface area contributed by atoms with E-state index >= 15 is 0 Å². The van der Waals surface area contributed by atoms with Gasteiger partial charge in [0, 0.05) is 18.0 Å². The highest BCUT2D eigenvalue weighted by Crippen LogP contribution is 2.32. The minimum atomic E-state index is -0.693. The molecule has 9 heteroatoms. The van der Waals surface area contributed by atoms with Crippen LogP contribution in [-0.4, -0.2) is 29.2 Å². The van der Waals surface area contributed by atoms with Gasteiger partial charge in [0.1, 0.15) is 18.9 Å². The maximum absolute atomic E-state index is 11.8. The molecule has 2 heterocycles. The average Bonchev–Trinajstić information content (AvgIpc) is 2.50. The number of aromatic nitrogens is 2. The van der Waals surface area contributed by atoms with Gasteiger partial charge < -0.3 is 25.1 Å². The first-order chi connectivity index (χ1) is 10.6. The second kappa shape index (κ2) is 5.64. The van der Waals surface area contributed by atoms with Crippen LogP contribution in [0, 0.1) is 0 Å². The van der Waals surface area contributed by atoms with E-state index in [1.165, 1.54) is 0 Å². The van der Waals surface area contributed by atoms with Gasteiger partial charge in [-0.25, -0.2) is 9.59 Å². The number of ether oxygens (including phenoxy) is 2. The lowest BCUT2D eigenvalue weighted by Gasteiger charge is -2.19. The van der Waals surface area contributed by atoms with E-state index in [0.717, 1.165) is 6.20 Å². The summed E-state index contributed by atoms with van der Waals surface area (Å²) in [6.45, 7) is 0.921. The number of fused-ring (bicyclic) bond motifs is 1. The summed E-state index contributed by atoms with van der Waals surface area (Å²) in [5.74, 6) is 1.14. The summed E-state index contributed by atoms with van der Waals surface area (Å²) < 4.78 is 10.8. The zero-order valence-electron chi connectivity index (χ0n) is 11.3. The molecule has 0 saturated heterocycles. The molecule has 1 aliphatic heterocycles. The smallest absolute Gasteiger partial charge is 0.325 e. The molecule has 1 aromatic heterocycles. The summed E-state index contributed by atoms with van der Waals surface area (Å²) in [5, 5.41) is 4.88. The average molecular weight is 304 g/mol. The molecular weight excluding hydrogens is 292 g/mol. The van der Waals surface area contributed by atoms with Crippen LogP contribution in [0.15, 0.2) is 34.0 Å². The Labute approximate surface area is 123 Å². The van der Waals surface area contributed by atoms with Gasteiger partial charge in [0.05, 0.1) is 0 Å². The van der Waals surface area contributed by atoms with Gasteiger partial charge in [0.25, 0.3) is 5.56 Å². The standard InChI is InChI=1S/C13H12N4O5/c18-11-8(6-14-12(19)17-11)16-13(20)15-7-1-2-9-10(5-7)22-4-3-21-9/h1-2,5-6H,3-4H2,(H2,15,16,20)(H2,14,17,18,19). The van der Waals surface area contributed by atoms with Crippen molar-refractivity contribution in [1.29, 1.82) is 0 Å². The van der Waals surface area contributed by atoms with Crippen molar-refractivity contribution in [3.63, 3.8) is 0 Å². The Kier molecular flexibility index (Phi) is 3.52. The highest BCUT2D eigenvalue weighted by atomic mass is 16.6. The van der Waals surface area contributed by atoms with Crippen LogP contribution in [0.2, 0.25) is 0 Å². The van der Waals surface area contributed by atoms with Gasteiger partial charge in [-0.2, -0.15) is 0 Å².